The molecule has 0 aliphatic rings. The molecule has 0 unspecified atom stereocenters. The fourth-order valence-electron chi connectivity index (χ4n) is 2.17. The van der Waals surface area contributed by atoms with E-state index in [4.69, 9.17) is 23.1 Å². The van der Waals surface area contributed by atoms with Crippen LogP contribution in [0.15, 0.2) is 48.5 Å². The third-order valence-corrected chi connectivity index (χ3v) is 3.59. The van der Waals surface area contributed by atoms with Gasteiger partial charge in [-0.1, -0.05) is 23.7 Å². The number of benzene rings is 2. The SMILES string of the molecule is N#Cc1c(N)nc(-c2ccc(Cl)cc2)nc1-c1ccc(N)cc1. The molecule has 0 saturated carbocycles. The Hall–Kier alpha value is -3.10. The molecule has 112 valence electrons. The van der Waals surface area contributed by atoms with E-state index >= 15 is 0 Å². The molecular formula is C17H12ClN5. The summed E-state index contributed by atoms with van der Waals surface area (Å²) in [6.45, 7) is 0. The molecule has 0 fully saturated rings. The van der Waals surface area contributed by atoms with E-state index in [0.717, 1.165) is 11.1 Å². The molecule has 0 aliphatic heterocycles. The van der Waals surface area contributed by atoms with Gasteiger partial charge in [0.1, 0.15) is 17.5 Å². The molecule has 0 atom stereocenters. The number of hydrogen-bond acceptors (Lipinski definition) is 5. The lowest BCUT2D eigenvalue weighted by Crippen LogP contribution is -2.03. The normalized spacial score (nSPS) is 10.3. The van der Waals surface area contributed by atoms with Crippen molar-refractivity contribution >= 4 is 23.1 Å². The molecule has 0 radical (unpaired) electrons. The van der Waals surface area contributed by atoms with Crippen molar-refractivity contribution < 1.29 is 0 Å². The highest BCUT2D eigenvalue weighted by molar-refractivity contribution is 6.30. The number of nitrogens with two attached hydrogens (primary N) is 2. The van der Waals surface area contributed by atoms with Crippen molar-refractivity contribution in [2.45, 2.75) is 0 Å². The Labute approximate surface area is 138 Å². The summed E-state index contributed by atoms with van der Waals surface area (Å²) >= 11 is 5.90. The summed E-state index contributed by atoms with van der Waals surface area (Å²) in [6.07, 6.45) is 0. The average Bonchev–Trinajstić information content (AvgIpc) is 2.55. The Kier molecular flexibility index (Phi) is 3.83. The van der Waals surface area contributed by atoms with Crippen LogP contribution in [0, 0.1) is 11.3 Å². The Morgan fingerprint density at radius 2 is 1.48 bits per heavy atom. The lowest BCUT2D eigenvalue weighted by atomic mass is 10.1. The van der Waals surface area contributed by atoms with E-state index < -0.39 is 0 Å². The third-order valence-electron chi connectivity index (χ3n) is 3.34. The van der Waals surface area contributed by atoms with Crippen LogP contribution in [0.1, 0.15) is 5.56 Å². The first-order chi connectivity index (χ1) is 11.1. The molecule has 2 aromatic carbocycles. The van der Waals surface area contributed by atoms with E-state index in [1.165, 1.54) is 0 Å². The number of nitrogens with zero attached hydrogens (tertiary/aromatic N) is 3. The number of nitriles is 1. The van der Waals surface area contributed by atoms with Crippen molar-refractivity contribution in [3.63, 3.8) is 0 Å². The summed E-state index contributed by atoms with van der Waals surface area (Å²) in [5, 5.41) is 9.98. The van der Waals surface area contributed by atoms with Gasteiger partial charge in [-0.25, -0.2) is 9.97 Å². The number of rotatable bonds is 2. The molecule has 0 saturated heterocycles. The van der Waals surface area contributed by atoms with Gasteiger partial charge in [0.05, 0.1) is 5.69 Å². The molecule has 0 spiro atoms. The molecule has 3 rings (SSSR count). The lowest BCUT2D eigenvalue weighted by molar-refractivity contribution is 1.17. The van der Waals surface area contributed by atoms with E-state index in [1.807, 2.05) is 0 Å². The molecule has 4 N–H and O–H groups in total. The second kappa shape index (κ2) is 5.95. The van der Waals surface area contributed by atoms with Crippen LogP contribution in [-0.4, -0.2) is 9.97 Å². The minimum Gasteiger partial charge on any atom is -0.399 e. The van der Waals surface area contributed by atoms with Crippen LogP contribution < -0.4 is 11.5 Å². The minimum atomic E-state index is 0.138. The Morgan fingerprint density at radius 1 is 0.870 bits per heavy atom. The zero-order valence-corrected chi connectivity index (χ0v) is 12.7. The van der Waals surface area contributed by atoms with Crippen molar-refractivity contribution in [2.75, 3.05) is 11.5 Å². The number of halogens is 1. The molecule has 1 aromatic heterocycles. The highest BCUT2D eigenvalue weighted by Crippen LogP contribution is 2.28. The molecule has 0 aliphatic carbocycles. The second-order valence-electron chi connectivity index (χ2n) is 4.90. The monoisotopic (exact) mass is 321 g/mol. The predicted octanol–water partition coefficient (Wildman–Crippen LogP) is 3.50. The molecule has 6 heteroatoms. The smallest absolute Gasteiger partial charge is 0.162 e. The van der Waals surface area contributed by atoms with Gasteiger partial charge in [0.25, 0.3) is 0 Å². The molecule has 0 amide bonds. The zero-order chi connectivity index (χ0) is 16.4. The summed E-state index contributed by atoms with van der Waals surface area (Å²) in [4.78, 5) is 8.73. The average molecular weight is 322 g/mol. The number of nitrogen functional groups attached to an aromatic ring is 2. The van der Waals surface area contributed by atoms with Crippen LogP contribution >= 0.6 is 11.6 Å². The second-order valence-corrected chi connectivity index (χ2v) is 5.33. The van der Waals surface area contributed by atoms with Crippen molar-refractivity contribution in [2.24, 2.45) is 0 Å². The molecule has 5 nitrogen and oxygen atoms in total. The van der Waals surface area contributed by atoms with Gasteiger partial charge in [0, 0.05) is 21.8 Å². The van der Waals surface area contributed by atoms with Crippen LogP contribution in [0.4, 0.5) is 11.5 Å². The van der Waals surface area contributed by atoms with E-state index in [9.17, 15) is 5.26 Å². The summed E-state index contributed by atoms with van der Waals surface area (Å²) in [7, 11) is 0. The van der Waals surface area contributed by atoms with Gasteiger partial charge in [-0.3, -0.25) is 0 Å². The maximum absolute atomic E-state index is 9.36. The minimum absolute atomic E-state index is 0.138. The predicted molar refractivity (Wildman–Crippen MR) is 91.5 cm³/mol. The molecule has 3 aromatic rings. The fraction of sp³-hybridized carbons (Fsp3) is 0. The summed E-state index contributed by atoms with van der Waals surface area (Å²) in [6, 6.07) is 16.2. The largest absolute Gasteiger partial charge is 0.399 e. The highest BCUT2D eigenvalue weighted by atomic mass is 35.5. The van der Waals surface area contributed by atoms with E-state index in [-0.39, 0.29) is 11.4 Å². The molecule has 23 heavy (non-hydrogen) atoms. The number of aromatic nitrogens is 2. The van der Waals surface area contributed by atoms with Gasteiger partial charge < -0.3 is 11.5 Å². The first-order valence-corrected chi connectivity index (χ1v) is 7.16. The van der Waals surface area contributed by atoms with Crippen molar-refractivity contribution in [3.05, 3.63) is 59.1 Å². The first-order valence-electron chi connectivity index (χ1n) is 6.78. The maximum Gasteiger partial charge on any atom is 0.162 e. The van der Waals surface area contributed by atoms with Crippen LogP contribution in [0.2, 0.25) is 5.02 Å². The van der Waals surface area contributed by atoms with Gasteiger partial charge in [-0.2, -0.15) is 5.26 Å². The van der Waals surface area contributed by atoms with Crippen LogP contribution in [0.25, 0.3) is 22.6 Å². The first kappa shape index (κ1) is 14.8. The molecular weight excluding hydrogens is 310 g/mol. The fourth-order valence-corrected chi connectivity index (χ4v) is 2.29. The standard InChI is InChI=1S/C17H12ClN5/c18-12-5-1-11(2-6-12)17-22-15(14(9-19)16(21)23-17)10-3-7-13(20)8-4-10/h1-8H,20H2,(H2,21,22,23). The molecule has 0 bridgehead atoms. The Morgan fingerprint density at radius 3 is 2.09 bits per heavy atom. The van der Waals surface area contributed by atoms with Gasteiger partial charge in [0.2, 0.25) is 0 Å². The lowest BCUT2D eigenvalue weighted by Gasteiger charge is -2.09. The molecule has 1 heterocycles. The van der Waals surface area contributed by atoms with E-state index in [1.54, 1.807) is 48.5 Å². The highest BCUT2D eigenvalue weighted by Gasteiger charge is 2.15. The summed E-state index contributed by atoms with van der Waals surface area (Å²) in [5.74, 6) is 0.573. The van der Waals surface area contributed by atoms with Crippen molar-refractivity contribution in [3.8, 4) is 28.7 Å². The van der Waals surface area contributed by atoms with Gasteiger partial charge >= 0.3 is 0 Å². The van der Waals surface area contributed by atoms with E-state index in [0.29, 0.717) is 22.2 Å². The van der Waals surface area contributed by atoms with Crippen LogP contribution in [0.5, 0.6) is 0 Å². The summed E-state index contributed by atoms with van der Waals surface area (Å²) in [5.41, 5.74) is 14.5. The van der Waals surface area contributed by atoms with Gasteiger partial charge in [-0.15, -0.1) is 0 Å². The quantitative estimate of drug-likeness (QED) is 0.703. The topological polar surface area (TPSA) is 102 Å². The maximum atomic E-state index is 9.36. The van der Waals surface area contributed by atoms with E-state index in [2.05, 4.69) is 16.0 Å². The van der Waals surface area contributed by atoms with Crippen molar-refractivity contribution in [1.29, 1.82) is 5.26 Å². The number of hydrogen-bond donors (Lipinski definition) is 2. The van der Waals surface area contributed by atoms with Gasteiger partial charge in [-0.05, 0) is 36.4 Å². The third kappa shape index (κ3) is 2.93. The Bertz CT molecular complexity index is 896. The van der Waals surface area contributed by atoms with Crippen LogP contribution in [0.3, 0.4) is 0 Å². The summed E-state index contributed by atoms with van der Waals surface area (Å²) < 4.78 is 0. The Balaban J connectivity index is 2.20. The van der Waals surface area contributed by atoms with Crippen molar-refractivity contribution in [1.82, 2.24) is 9.97 Å². The zero-order valence-electron chi connectivity index (χ0n) is 12.0. The number of anilines is 2. The van der Waals surface area contributed by atoms with Crippen LogP contribution in [-0.2, 0) is 0 Å². The van der Waals surface area contributed by atoms with Gasteiger partial charge in [0.15, 0.2) is 5.82 Å².